The number of hydrogen-bond acceptors (Lipinski definition) is 8. The van der Waals surface area contributed by atoms with Crippen LogP contribution in [0.3, 0.4) is 0 Å². The molecule has 0 radical (unpaired) electrons. The molecule has 0 amide bonds. The van der Waals surface area contributed by atoms with Crippen LogP contribution in [0.15, 0.2) is 82.9 Å². The summed E-state index contributed by atoms with van der Waals surface area (Å²) in [6.07, 6.45) is 7.41. The van der Waals surface area contributed by atoms with Crippen molar-refractivity contribution in [1.29, 1.82) is 0 Å². The van der Waals surface area contributed by atoms with Crippen LogP contribution in [0.1, 0.15) is 24.2 Å². The Bertz CT molecular complexity index is 2380. The van der Waals surface area contributed by atoms with E-state index in [-0.39, 0.29) is 63.4 Å². The molecule has 6 aromatic rings. The van der Waals surface area contributed by atoms with Gasteiger partial charge in [-0.05, 0) is 38.8 Å². The number of carboxylic acids is 2. The number of aryl methyl sites for hydroxylation is 2. The minimum atomic E-state index is -1.07. The van der Waals surface area contributed by atoms with Crippen molar-refractivity contribution < 1.29 is 30.0 Å². The molecule has 14 nitrogen and oxygen atoms in total. The summed E-state index contributed by atoms with van der Waals surface area (Å²) in [5.74, 6) is -2.14. The Balaban J connectivity index is 1.28. The number of nitrogens with zero attached hydrogens (tertiary/aromatic N) is 4. The monoisotopic (exact) mass is 804 g/mol. The number of aliphatic carboxylic acids is 2. The molecule has 0 aliphatic rings. The number of carboxylic acid groups (broad SMARTS) is 2. The average molecular weight is 806 g/mol. The first-order valence-electron chi connectivity index (χ1n) is 18.0. The highest BCUT2D eigenvalue weighted by atomic mass is 35.5. The Hall–Kier alpha value is -5.22. The Labute approximate surface area is 330 Å². The lowest BCUT2D eigenvalue weighted by Gasteiger charge is -2.15. The van der Waals surface area contributed by atoms with E-state index in [1.165, 1.54) is 0 Å². The van der Waals surface area contributed by atoms with E-state index in [9.17, 15) is 39.6 Å². The van der Waals surface area contributed by atoms with Crippen LogP contribution in [0, 0.1) is 13.8 Å². The number of halogens is 2. The second-order valence-corrected chi connectivity index (χ2v) is 14.3. The molecule has 0 aliphatic carbocycles. The topological polar surface area (TPSA) is 192 Å². The Morgan fingerprint density at radius 3 is 1.38 bits per heavy atom. The number of fused-ring (bicyclic) bond motifs is 2. The fourth-order valence-electron chi connectivity index (χ4n) is 7.02. The molecule has 16 heteroatoms. The summed E-state index contributed by atoms with van der Waals surface area (Å²) >= 11 is 14.2. The molecule has 0 fully saturated rings. The van der Waals surface area contributed by atoms with Crippen LogP contribution < -0.4 is 21.8 Å². The van der Waals surface area contributed by atoms with Crippen molar-refractivity contribution in [3.8, 4) is 33.4 Å². The van der Waals surface area contributed by atoms with Gasteiger partial charge < -0.3 is 49.0 Å². The first kappa shape index (κ1) is 40.4. The van der Waals surface area contributed by atoms with E-state index < -0.39 is 24.0 Å². The maximum atomic E-state index is 13.6. The molecule has 0 spiro atoms. The first-order chi connectivity index (χ1) is 26.8. The SMILES string of the molecule is Cc1cn2cc(-c3cccc(-c4cccc(-c5cc6c(=O)n(CCN[C@@H](CCO)C(=O)O)c(C)cn6c5)c4Cl)c3Cl)cc2c(=O)n1CCN[C@@H](CCO)C(=O)O. The lowest BCUT2D eigenvalue weighted by molar-refractivity contribution is -0.140. The van der Waals surface area contributed by atoms with Crippen molar-refractivity contribution in [2.75, 3.05) is 26.3 Å². The molecule has 0 unspecified atom stereocenters. The second-order valence-electron chi connectivity index (χ2n) is 13.5. The average Bonchev–Trinajstić information content (AvgIpc) is 3.78. The van der Waals surface area contributed by atoms with Gasteiger partial charge in [-0.1, -0.05) is 59.6 Å². The second kappa shape index (κ2) is 17.3. The van der Waals surface area contributed by atoms with Gasteiger partial charge in [0.2, 0.25) is 0 Å². The van der Waals surface area contributed by atoms with E-state index in [1.54, 1.807) is 43.9 Å². The van der Waals surface area contributed by atoms with E-state index in [4.69, 9.17) is 23.2 Å². The van der Waals surface area contributed by atoms with Crippen LogP contribution in [-0.4, -0.2) is 88.7 Å². The molecule has 6 rings (SSSR count). The predicted molar refractivity (Wildman–Crippen MR) is 215 cm³/mol. The molecule has 4 aromatic heterocycles. The summed E-state index contributed by atoms with van der Waals surface area (Å²) in [5.41, 5.74) is 5.78. The molecular weight excluding hydrogens is 763 g/mol. The fraction of sp³-hybridized carbons (Fsp3) is 0.300. The number of benzene rings is 2. The van der Waals surface area contributed by atoms with Crippen LogP contribution in [-0.2, 0) is 22.7 Å². The number of aromatic nitrogens is 4. The summed E-state index contributed by atoms with van der Waals surface area (Å²) in [4.78, 5) is 50.1. The molecule has 0 saturated heterocycles. The van der Waals surface area contributed by atoms with E-state index >= 15 is 0 Å². The van der Waals surface area contributed by atoms with Crippen molar-refractivity contribution in [3.63, 3.8) is 0 Å². The summed E-state index contributed by atoms with van der Waals surface area (Å²) in [7, 11) is 0. The van der Waals surface area contributed by atoms with Crippen LogP contribution in [0.2, 0.25) is 10.0 Å². The van der Waals surface area contributed by atoms with Crippen LogP contribution in [0.5, 0.6) is 0 Å². The maximum Gasteiger partial charge on any atom is 0.320 e. The summed E-state index contributed by atoms with van der Waals surface area (Å²) in [6.45, 7) is 3.95. The van der Waals surface area contributed by atoms with Gasteiger partial charge in [-0.3, -0.25) is 19.2 Å². The Kier molecular flexibility index (Phi) is 12.5. The maximum absolute atomic E-state index is 13.6. The molecule has 4 heterocycles. The molecule has 56 heavy (non-hydrogen) atoms. The minimum Gasteiger partial charge on any atom is -0.480 e. The number of aliphatic hydroxyl groups is 2. The lowest BCUT2D eigenvalue weighted by Crippen LogP contribution is -2.40. The van der Waals surface area contributed by atoms with Crippen LogP contribution in [0.4, 0.5) is 0 Å². The van der Waals surface area contributed by atoms with Gasteiger partial charge in [-0.25, -0.2) is 0 Å². The largest absolute Gasteiger partial charge is 0.480 e. The van der Waals surface area contributed by atoms with Crippen molar-refractivity contribution in [2.24, 2.45) is 0 Å². The quantitative estimate of drug-likeness (QED) is 0.0776. The molecule has 294 valence electrons. The third kappa shape index (κ3) is 8.17. The van der Waals surface area contributed by atoms with Gasteiger partial charge >= 0.3 is 11.9 Å². The van der Waals surface area contributed by atoms with Gasteiger partial charge in [0, 0.05) is 109 Å². The standard InChI is InChI=1S/C40H42Cl2N6O8/c1-23-19-45-21-25(17-33(45)37(51)47(23)13-11-43-31(9-15-49)39(53)54)27-5-3-7-29(35(27)41)30-8-4-6-28(36(30)42)26-18-34-38(52)48(24(2)20-46(34)22-26)14-12-44-32(10-16-50)40(55)56/h3-8,17-22,31-32,43-44,49-50H,9-16H2,1-2H3,(H,53,54)(H,55,56)/t31-,32-/m0/s1. The van der Waals surface area contributed by atoms with Crippen molar-refractivity contribution in [2.45, 2.75) is 51.9 Å². The highest BCUT2D eigenvalue weighted by Crippen LogP contribution is 2.42. The predicted octanol–water partition coefficient (Wildman–Crippen LogP) is 4.29. The molecule has 0 bridgehead atoms. The van der Waals surface area contributed by atoms with Gasteiger partial charge in [-0.15, -0.1) is 0 Å². The van der Waals surface area contributed by atoms with E-state index in [0.29, 0.717) is 65.8 Å². The van der Waals surface area contributed by atoms with Gasteiger partial charge in [0.15, 0.2) is 0 Å². The Morgan fingerprint density at radius 2 is 1.02 bits per heavy atom. The normalized spacial score (nSPS) is 12.8. The zero-order valence-electron chi connectivity index (χ0n) is 30.7. The molecule has 2 atom stereocenters. The molecule has 2 aromatic carbocycles. The zero-order valence-corrected chi connectivity index (χ0v) is 32.2. The molecule has 6 N–H and O–H groups in total. The molecule has 0 aliphatic heterocycles. The zero-order chi connectivity index (χ0) is 40.3. The highest BCUT2D eigenvalue weighted by molar-refractivity contribution is 6.39. The van der Waals surface area contributed by atoms with Crippen molar-refractivity contribution in [3.05, 3.63) is 115 Å². The number of nitrogens with one attached hydrogen (secondary N) is 2. The lowest BCUT2D eigenvalue weighted by atomic mass is 9.97. The van der Waals surface area contributed by atoms with E-state index in [1.807, 2.05) is 61.2 Å². The molecular formula is C40H42Cl2N6O8. The summed E-state index contributed by atoms with van der Waals surface area (Å²) in [5, 5.41) is 43.7. The number of hydrogen-bond donors (Lipinski definition) is 6. The third-order valence-electron chi connectivity index (χ3n) is 9.92. The van der Waals surface area contributed by atoms with Gasteiger partial charge in [0.05, 0.1) is 10.0 Å². The minimum absolute atomic E-state index is 0.0535. The number of rotatable bonds is 17. The number of aliphatic hydroxyl groups excluding tert-OH is 2. The highest BCUT2D eigenvalue weighted by Gasteiger charge is 2.21. The summed E-state index contributed by atoms with van der Waals surface area (Å²) < 4.78 is 6.63. The van der Waals surface area contributed by atoms with Crippen LogP contribution >= 0.6 is 23.2 Å². The van der Waals surface area contributed by atoms with E-state index in [0.717, 1.165) is 0 Å². The Morgan fingerprint density at radius 1 is 0.643 bits per heavy atom. The van der Waals surface area contributed by atoms with Gasteiger partial charge in [0.1, 0.15) is 23.1 Å². The van der Waals surface area contributed by atoms with Crippen LogP contribution in [0.25, 0.3) is 44.4 Å². The van der Waals surface area contributed by atoms with Gasteiger partial charge in [0.25, 0.3) is 11.1 Å². The smallest absolute Gasteiger partial charge is 0.320 e. The van der Waals surface area contributed by atoms with Crippen molar-refractivity contribution >= 4 is 46.2 Å². The first-order valence-corrected chi connectivity index (χ1v) is 18.8. The third-order valence-corrected chi connectivity index (χ3v) is 10.7. The summed E-state index contributed by atoms with van der Waals surface area (Å²) in [6, 6.07) is 12.8. The van der Waals surface area contributed by atoms with Crippen molar-refractivity contribution in [1.82, 2.24) is 28.6 Å². The van der Waals surface area contributed by atoms with E-state index in [2.05, 4.69) is 10.6 Å². The molecule has 0 saturated carbocycles. The number of carbonyl (C=O) groups is 2. The fourth-order valence-corrected chi connectivity index (χ4v) is 7.69. The van der Waals surface area contributed by atoms with Gasteiger partial charge in [-0.2, -0.15) is 0 Å².